The molecule has 0 bridgehead atoms. The molecule has 2 unspecified atom stereocenters. The summed E-state index contributed by atoms with van der Waals surface area (Å²) in [6.07, 6.45) is 0.943. The molecule has 0 aliphatic rings. The van der Waals surface area contributed by atoms with E-state index >= 15 is 0 Å². The van der Waals surface area contributed by atoms with E-state index in [4.69, 9.17) is 27.9 Å². The van der Waals surface area contributed by atoms with Crippen LogP contribution in [0.25, 0.3) is 0 Å². The first-order valence-corrected chi connectivity index (χ1v) is 15.6. The van der Waals surface area contributed by atoms with Crippen LogP contribution in [0.2, 0.25) is 10.0 Å². The molecule has 8 nitrogen and oxygen atoms in total. The van der Waals surface area contributed by atoms with E-state index in [2.05, 4.69) is 5.32 Å². The number of rotatable bonds is 13. The van der Waals surface area contributed by atoms with Crippen molar-refractivity contribution >= 4 is 50.7 Å². The number of nitrogens with one attached hydrogen (secondary N) is 1. The van der Waals surface area contributed by atoms with Gasteiger partial charge in [0.1, 0.15) is 24.2 Å². The molecule has 0 spiro atoms. The van der Waals surface area contributed by atoms with Gasteiger partial charge in [-0.05, 0) is 86.0 Å². The highest BCUT2D eigenvalue weighted by atomic mass is 35.5. The molecular weight excluding hydrogens is 604 g/mol. The number of carbonyl (C=O) groups excluding carboxylic acids is 2. The van der Waals surface area contributed by atoms with Gasteiger partial charge < -0.3 is 15.0 Å². The summed E-state index contributed by atoms with van der Waals surface area (Å²) >= 11 is 12.3. The highest BCUT2D eigenvalue weighted by Crippen LogP contribution is 2.27. The molecule has 0 aromatic heterocycles. The van der Waals surface area contributed by atoms with Gasteiger partial charge in [0.2, 0.25) is 11.8 Å². The Balaban J connectivity index is 2.07. The van der Waals surface area contributed by atoms with Gasteiger partial charge >= 0.3 is 0 Å². The third kappa shape index (κ3) is 8.14. The zero-order valence-electron chi connectivity index (χ0n) is 23.8. The first-order chi connectivity index (χ1) is 19.9. The zero-order chi connectivity index (χ0) is 31.0. The van der Waals surface area contributed by atoms with Crippen LogP contribution in [0.4, 0.5) is 10.1 Å². The van der Waals surface area contributed by atoms with Crippen molar-refractivity contribution in [3.63, 3.8) is 0 Å². The van der Waals surface area contributed by atoms with Gasteiger partial charge in [-0.2, -0.15) is 0 Å². The summed E-state index contributed by atoms with van der Waals surface area (Å²) in [4.78, 5) is 28.6. The van der Waals surface area contributed by atoms with Crippen LogP contribution in [-0.2, 0) is 26.2 Å². The van der Waals surface area contributed by atoms with Crippen molar-refractivity contribution in [3.8, 4) is 5.75 Å². The lowest BCUT2D eigenvalue weighted by molar-refractivity contribution is -0.140. The van der Waals surface area contributed by atoms with Gasteiger partial charge in [-0.1, -0.05) is 43.1 Å². The van der Waals surface area contributed by atoms with Gasteiger partial charge in [0.15, 0.2) is 0 Å². The number of methoxy groups -OCH3 is 1. The van der Waals surface area contributed by atoms with Crippen molar-refractivity contribution in [2.75, 3.05) is 18.0 Å². The van der Waals surface area contributed by atoms with Crippen molar-refractivity contribution < 1.29 is 27.1 Å². The predicted octanol–water partition coefficient (Wildman–Crippen LogP) is 6.06. The van der Waals surface area contributed by atoms with Crippen LogP contribution in [0.1, 0.15) is 39.2 Å². The Morgan fingerprint density at radius 2 is 1.60 bits per heavy atom. The molecule has 0 heterocycles. The number of benzene rings is 3. The summed E-state index contributed by atoms with van der Waals surface area (Å²) in [5.41, 5.74) is 0.672. The molecule has 2 atom stereocenters. The molecule has 226 valence electrons. The molecule has 3 aromatic rings. The van der Waals surface area contributed by atoms with E-state index in [1.807, 2.05) is 13.8 Å². The van der Waals surface area contributed by atoms with Crippen LogP contribution in [0.3, 0.4) is 0 Å². The number of halogens is 3. The van der Waals surface area contributed by atoms with Gasteiger partial charge in [-0.15, -0.1) is 0 Å². The van der Waals surface area contributed by atoms with Gasteiger partial charge in [0.25, 0.3) is 10.0 Å². The third-order valence-electron chi connectivity index (χ3n) is 6.76. The minimum absolute atomic E-state index is 0.0397. The molecule has 12 heteroatoms. The molecule has 42 heavy (non-hydrogen) atoms. The summed E-state index contributed by atoms with van der Waals surface area (Å²) in [5, 5.41) is 3.51. The smallest absolute Gasteiger partial charge is 0.264 e. The maximum atomic E-state index is 14.1. The standard InChI is InChI=1S/C30H34Cl2FN3O5S/c1-5-20(3)34-30(38)28(6-2)35(18-21-7-16-26(31)27(32)17-21)29(37)19-36(23-10-8-22(33)9-11-23)42(39,40)25-14-12-24(41-4)13-15-25/h7-17,20,28H,5-6,18-19H2,1-4H3,(H,34,38). The Kier molecular flexibility index (Phi) is 11.6. The molecule has 0 aliphatic carbocycles. The summed E-state index contributed by atoms with van der Waals surface area (Å²) in [6.45, 7) is 4.85. The molecule has 0 saturated heterocycles. The number of carbonyl (C=O) groups is 2. The molecule has 3 aromatic carbocycles. The SMILES string of the molecule is CCC(C)NC(=O)C(CC)N(Cc1ccc(Cl)c(Cl)c1)C(=O)CN(c1ccc(F)cc1)S(=O)(=O)c1ccc(OC)cc1. The number of sulfonamides is 1. The van der Waals surface area contributed by atoms with Crippen LogP contribution in [0, 0.1) is 5.82 Å². The van der Waals surface area contributed by atoms with E-state index < -0.39 is 34.3 Å². The Morgan fingerprint density at radius 3 is 2.14 bits per heavy atom. The topological polar surface area (TPSA) is 96.0 Å². The lowest BCUT2D eigenvalue weighted by atomic mass is 10.1. The summed E-state index contributed by atoms with van der Waals surface area (Å²) in [5.74, 6) is -1.13. The number of hydrogen-bond acceptors (Lipinski definition) is 5. The van der Waals surface area contributed by atoms with Gasteiger partial charge in [-0.25, -0.2) is 12.8 Å². The maximum absolute atomic E-state index is 14.1. The molecule has 2 amide bonds. The highest BCUT2D eigenvalue weighted by Gasteiger charge is 2.34. The predicted molar refractivity (Wildman–Crippen MR) is 163 cm³/mol. The average Bonchev–Trinajstić information content (AvgIpc) is 2.97. The lowest BCUT2D eigenvalue weighted by Gasteiger charge is -2.33. The van der Waals surface area contributed by atoms with Crippen molar-refractivity contribution in [1.29, 1.82) is 0 Å². The molecule has 1 N–H and O–H groups in total. The summed E-state index contributed by atoms with van der Waals surface area (Å²) < 4.78 is 47.6. The maximum Gasteiger partial charge on any atom is 0.264 e. The molecule has 0 radical (unpaired) electrons. The fourth-order valence-corrected chi connectivity index (χ4v) is 5.94. The second-order valence-electron chi connectivity index (χ2n) is 9.68. The lowest BCUT2D eigenvalue weighted by Crippen LogP contribution is -2.53. The van der Waals surface area contributed by atoms with Crippen LogP contribution in [-0.4, -0.2) is 50.9 Å². The molecule has 0 fully saturated rings. The van der Waals surface area contributed by atoms with E-state index in [1.165, 1.54) is 48.4 Å². The quantitative estimate of drug-likeness (QED) is 0.246. The minimum atomic E-state index is -4.31. The molecule has 0 saturated carbocycles. The number of nitrogens with zero attached hydrogens (tertiary/aromatic N) is 2. The van der Waals surface area contributed by atoms with E-state index in [0.717, 1.165) is 16.4 Å². The van der Waals surface area contributed by atoms with E-state index in [-0.39, 0.29) is 40.5 Å². The highest BCUT2D eigenvalue weighted by molar-refractivity contribution is 7.92. The van der Waals surface area contributed by atoms with E-state index in [9.17, 15) is 22.4 Å². The van der Waals surface area contributed by atoms with E-state index in [1.54, 1.807) is 25.1 Å². The fraction of sp³-hybridized carbons (Fsp3) is 0.333. The largest absolute Gasteiger partial charge is 0.497 e. The van der Waals surface area contributed by atoms with Crippen molar-refractivity contribution in [1.82, 2.24) is 10.2 Å². The van der Waals surface area contributed by atoms with Crippen molar-refractivity contribution in [2.45, 2.75) is 57.1 Å². The van der Waals surface area contributed by atoms with Gasteiger partial charge in [-0.3, -0.25) is 13.9 Å². The molecule has 0 aliphatic heterocycles. The van der Waals surface area contributed by atoms with Crippen molar-refractivity contribution in [3.05, 3.63) is 88.2 Å². The molecule has 3 rings (SSSR count). The summed E-state index contributed by atoms with van der Waals surface area (Å²) in [6, 6.07) is 14.3. The normalized spacial score (nSPS) is 12.7. The van der Waals surface area contributed by atoms with Crippen LogP contribution in [0.5, 0.6) is 5.75 Å². The second-order valence-corrected chi connectivity index (χ2v) is 12.4. The van der Waals surface area contributed by atoms with Gasteiger partial charge in [0.05, 0.1) is 27.7 Å². The Bertz CT molecular complexity index is 1490. The number of ether oxygens (including phenoxy) is 1. The fourth-order valence-electron chi connectivity index (χ4n) is 4.21. The first-order valence-electron chi connectivity index (χ1n) is 13.4. The first kappa shape index (κ1) is 33.2. The van der Waals surface area contributed by atoms with Crippen LogP contribution in [0.15, 0.2) is 71.6 Å². The average molecular weight is 639 g/mol. The van der Waals surface area contributed by atoms with Gasteiger partial charge in [0, 0.05) is 12.6 Å². The Labute approximate surface area is 256 Å². The zero-order valence-corrected chi connectivity index (χ0v) is 26.1. The monoisotopic (exact) mass is 637 g/mol. The number of hydrogen-bond donors (Lipinski definition) is 1. The number of anilines is 1. The number of amides is 2. The second kappa shape index (κ2) is 14.7. The Morgan fingerprint density at radius 1 is 0.952 bits per heavy atom. The van der Waals surface area contributed by atoms with Crippen molar-refractivity contribution in [2.24, 2.45) is 0 Å². The Hall–Kier alpha value is -3.34. The summed E-state index contributed by atoms with van der Waals surface area (Å²) in [7, 11) is -2.86. The van der Waals surface area contributed by atoms with E-state index in [0.29, 0.717) is 22.8 Å². The van der Waals surface area contributed by atoms with Crippen LogP contribution >= 0.6 is 23.2 Å². The molecular formula is C30H34Cl2FN3O5S. The third-order valence-corrected chi connectivity index (χ3v) is 9.29. The minimum Gasteiger partial charge on any atom is -0.497 e. The van der Waals surface area contributed by atoms with Crippen LogP contribution < -0.4 is 14.4 Å².